The predicted octanol–water partition coefficient (Wildman–Crippen LogP) is 5.08. The summed E-state index contributed by atoms with van der Waals surface area (Å²) in [4.78, 5) is 51.5. The van der Waals surface area contributed by atoms with Gasteiger partial charge in [-0.2, -0.15) is 0 Å². The van der Waals surface area contributed by atoms with Gasteiger partial charge in [-0.1, -0.05) is 32.4 Å². The number of ether oxygens (including phenoxy) is 1. The summed E-state index contributed by atoms with van der Waals surface area (Å²) in [5, 5.41) is 0. The van der Waals surface area contributed by atoms with Crippen molar-refractivity contribution in [2.45, 2.75) is 56.9 Å². The van der Waals surface area contributed by atoms with E-state index in [0.29, 0.717) is 19.3 Å². The molecule has 0 N–H and O–H groups in total. The third kappa shape index (κ3) is 2.96. The summed E-state index contributed by atoms with van der Waals surface area (Å²) in [6.07, 6.45) is 7.96. The number of rotatable bonds is 4. The van der Waals surface area contributed by atoms with Crippen LogP contribution in [0.2, 0.25) is 0 Å². The molecule has 0 unspecified atom stereocenters. The Labute approximate surface area is 214 Å². The first-order valence-corrected chi connectivity index (χ1v) is 12.9. The highest BCUT2D eigenvalue weighted by Crippen LogP contribution is 2.71. The van der Waals surface area contributed by atoms with Crippen molar-refractivity contribution in [2.75, 3.05) is 5.88 Å². The zero-order chi connectivity index (χ0) is 25.4. The van der Waals surface area contributed by atoms with Crippen molar-refractivity contribution < 1.29 is 28.3 Å². The first-order chi connectivity index (χ1) is 16.5. The van der Waals surface area contributed by atoms with E-state index < -0.39 is 33.1 Å². The van der Waals surface area contributed by atoms with Gasteiger partial charge in [0.25, 0.3) is 0 Å². The number of Topliss-reactive ketones (excluding diaryl/α,β-unsaturated/α-hetero) is 2. The predicted molar refractivity (Wildman–Crippen MR) is 129 cm³/mol. The molecular formula is C27H28Cl2O6. The van der Waals surface area contributed by atoms with E-state index in [1.54, 1.807) is 18.2 Å². The zero-order valence-electron chi connectivity index (χ0n) is 19.9. The van der Waals surface area contributed by atoms with Gasteiger partial charge in [0.15, 0.2) is 23.0 Å². The Morgan fingerprint density at radius 3 is 2.63 bits per heavy atom. The van der Waals surface area contributed by atoms with Crippen molar-refractivity contribution in [3.63, 3.8) is 0 Å². The van der Waals surface area contributed by atoms with Gasteiger partial charge in [0.1, 0.15) is 4.87 Å². The SMILES string of the molecule is C[C@@H]1C[C@H]2[C@@H]3CCC4=CC(=O)C=C[C@]4(C)[C@@]3(Cl)C(=O)C[C@]2(C)[C@@]1(OC(=O)c1ccco1)C(=O)CCl. The van der Waals surface area contributed by atoms with Gasteiger partial charge in [-0.05, 0) is 55.4 Å². The van der Waals surface area contributed by atoms with Crippen molar-refractivity contribution in [2.24, 2.45) is 28.6 Å². The Morgan fingerprint density at radius 2 is 1.97 bits per heavy atom. The zero-order valence-corrected chi connectivity index (χ0v) is 21.4. The Balaban J connectivity index is 1.62. The third-order valence-electron chi connectivity index (χ3n) is 9.46. The topological polar surface area (TPSA) is 90.7 Å². The van der Waals surface area contributed by atoms with Crippen LogP contribution >= 0.6 is 23.2 Å². The Kier molecular flexibility index (Phi) is 5.54. The number of furan rings is 1. The molecule has 5 rings (SSSR count). The maximum absolute atomic E-state index is 14.1. The van der Waals surface area contributed by atoms with Gasteiger partial charge in [0.2, 0.25) is 5.76 Å². The molecule has 1 heterocycles. The molecule has 0 aromatic carbocycles. The molecular weight excluding hydrogens is 491 g/mol. The normalized spacial score (nSPS) is 42.1. The molecule has 8 heteroatoms. The molecule has 4 aliphatic rings. The van der Waals surface area contributed by atoms with Crippen LogP contribution in [-0.2, 0) is 19.1 Å². The fourth-order valence-electron chi connectivity index (χ4n) is 7.82. The highest BCUT2D eigenvalue weighted by molar-refractivity contribution is 6.37. The summed E-state index contributed by atoms with van der Waals surface area (Å²) in [6.45, 7) is 5.66. The average Bonchev–Trinajstić information content (AvgIpc) is 3.42. The molecule has 1 aromatic rings. The Morgan fingerprint density at radius 1 is 1.23 bits per heavy atom. The smallest absolute Gasteiger partial charge is 0.375 e. The summed E-state index contributed by atoms with van der Waals surface area (Å²) < 4.78 is 11.3. The number of carbonyl (C=O) groups is 4. The number of alkyl halides is 2. The third-order valence-corrected chi connectivity index (χ3v) is 10.6. The van der Waals surface area contributed by atoms with E-state index in [1.165, 1.54) is 18.4 Å². The van der Waals surface area contributed by atoms with Gasteiger partial charge in [0, 0.05) is 23.2 Å². The summed E-state index contributed by atoms with van der Waals surface area (Å²) in [5.74, 6) is -2.68. The quantitative estimate of drug-likeness (QED) is 0.407. The van der Waals surface area contributed by atoms with Gasteiger partial charge in [0.05, 0.1) is 12.1 Å². The van der Waals surface area contributed by atoms with E-state index in [4.69, 9.17) is 32.4 Å². The summed E-state index contributed by atoms with van der Waals surface area (Å²) in [7, 11) is 0. The van der Waals surface area contributed by atoms with Crippen LogP contribution in [0.3, 0.4) is 0 Å². The lowest BCUT2D eigenvalue weighted by molar-refractivity contribution is -0.169. The van der Waals surface area contributed by atoms with Crippen LogP contribution < -0.4 is 0 Å². The number of hydrogen-bond acceptors (Lipinski definition) is 6. The second kappa shape index (κ2) is 7.91. The van der Waals surface area contributed by atoms with Crippen LogP contribution in [0, 0.1) is 28.6 Å². The molecule has 0 bridgehead atoms. The van der Waals surface area contributed by atoms with Crippen LogP contribution in [-0.4, -0.2) is 39.7 Å². The molecule has 3 saturated carbocycles. The van der Waals surface area contributed by atoms with Gasteiger partial charge < -0.3 is 9.15 Å². The largest absolute Gasteiger partial charge is 0.457 e. The second-order valence-corrected chi connectivity index (χ2v) is 11.7. The fourth-order valence-corrected chi connectivity index (χ4v) is 8.53. The van der Waals surface area contributed by atoms with Crippen molar-refractivity contribution >= 4 is 46.5 Å². The van der Waals surface area contributed by atoms with Gasteiger partial charge in [-0.15, -0.1) is 23.2 Å². The fraction of sp³-hybridized carbons (Fsp3) is 0.556. The Hall–Kier alpha value is -2.18. The van der Waals surface area contributed by atoms with Crippen molar-refractivity contribution in [3.8, 4) is 0 Å². The van der Waals surface area contributed by atoms with Crippen LogP contribution in [0.1, 0.15) is 57.0 Å². The standard InChI is InChI=1S/C27H28Cl2O6/c1-15-11-19-18-7-6-16-12-17(30)8-9-24(16,2)26(18,29)21(31)13-25(19,3)27(15,22(32)14-28)35-23(33)20-5-4-10-34-20/h4-5,8-10,12,15,18-19H,6-7,11,13-14H2,1-3H3/t15-,18+,19+,24+,25+,26+,27+/m1/s1. The molecule has 35 heavy (non-hydrogen) atoms. The number of carbonyl (C=O) groups excluding carboxylic acids is 4. The van der Waals surface area contributed by atoms with E-state index in [0.717, 1.165) is 5.57 Å². The molecule has 186 valence electrons. The number of fused-ring (bicyclic) bond motifs is 5. The van der Waals surface area contributed by atoms with Gasteiger partial charge >= 0.3 is 5.97 Å². The number of allylic oxidation sites excluding steroid dienone is 4. The molecule has 0 radical (unpaired) electrons. The molecule has 0 amide bonds. The molecule has 0 aliphatic heterocycles. The molecule has 0 spiro atoms. The number of halogens is 2. The minimum absolute atomic E-state index is 0.0169. The number of ketones is 3. The highest BCUT2D eigenvalue weighted by atomic mass is 35.5. The van der Waals surface area contributed by atoms with Crippen LogP contribution in [0.5, 0.6) is 0 Å². The van der Waals surface area contributed by atoms with E-state index in [-0.39, 0.29) is 47.4 Å². The van der Waals surface area contributed by atoms with E-state index >= 15 is 0 Å². The summed E-state index contributed by atoms with van der Waals surface area (Å²) >= 11 is 13.5. The number of esters is 1. The first kappa shape index (κ1) is 24.5. The maximum Gasteiger partial charge on any atom is 0.375 e. The minimum atomic E-state index is -1.59. The van der Waals surface area contributed by atoms with Crippen molar-refractivity contribution in [3.05, 3.63) is 48.0 Å². The average molecular weight is 519 g/mol. The van der Waals surface area contributed by atoms with Gasteiger partial charge in [-0.3, -0.25) is 14.4 Å². The lowest BCUT2D eigenvalue weighted by atomic mass is 9.46. The summed E-state index contributed by atoms with van der Waals surface area (Å²) in [6, 6.07) is 3.04. The van der Waals surface area contributed by atoms with Crippen LogP contribution in [0.15, 0.2) is 46.6 Å². The molecule has 4 aliphatic carbocycles. The number of hydrogen-bond donors (Lipinski definition) is 0. The first-order valence-electron chi connectivity index (χ1n) is 12.0. The second-order valence-electron chi connectivity index (χ2n) is 10.9. The molecule has 1 aromatic heterocycles. The lowest BCUT2D eigenvalue weighted by Crippen LogP contribution is -2.68. The molecule has 7 atom stereocenters. The molecule has 0 saturated heterocycles. The van der Waals surface area contributed by atoms with E-state index in [1.807, 2.05) is 20.8 Å². The molecule has 6 nitrogen and oxygen atoms in total. The highest BCUT2D eigenvalue weighted by Gasteiger charge is 2.76. The van der Waals surface area contributed by atoms with Crippen LogP contribution in [0.4, 0.5) is 0 Å². The maximum atomic E-state index is 14.1. The minimum Gasteiger partial charge on any atom is -0.457 e. The Bertz CT molecular complexity index is 1180. The monoisotopic (exact) mass is 518 g/mol. The van der Waals surface area contributed by atoms with E-state index in [9.17, 15) is 19.2 Å². The van der Waals surface area contributed by atoms with Crippen LogP contribution in [0.25, 0.3) is 0 Å². The van der Waals surface area contributed by atoms with E-state index in [2.05, 4.69) is 0 Å². The lowest BCUT2D eigenvalue weighted by Gasteiger charge is -2.61. The molecule has 3 fully saturated rings. The summed E-state index contributed by atoms with van der Waals surface area (Å²) in [5.41, 5.74) is -2.52. The van der Waals surface area contributed by atoms with Crippen molar-refractivity contribution in [1.29, 1.82) is 0 Å². The van der Waals surface area contributed by atoms with Gasteiger partial charge in [-0.25, -0.2) is 4.79 Å². The van der Waals surface area contributed by atoms with Crippen molar-refractivity contribution in [1.82, 2.24) is 0 Å².